The molecule has 142 valence electrons. The number of hydrogen-bond acceptors (Lipinski definition) is 5. The number of benzene rings is 1. The Kier molecular flexibility index (Phi) is 5.22. The van der Waals surface area contributed by atoms with Crippen molar-refractivity contribution in [1.29, 1.82) is 0 Å². The van der Waals surface area contributed by atoms with E-state index in [1.807, 2.05) is 24.3 Å². The van der Waals surface area contributed by atoms with Crippen LogP contribution in [0, 0.1) is 35.5 Å². The summed E-state index contributed by atoms with van der Waals surface area (Å²) in [6.07, 6.45) is 4.09. The predicted molar refractivity (Wildman–Crippen MR) is 108 cm³/mol. The molecule has 1 unspecified atom stereocenters. The normalized spacial score (nSPS) is 16.9. The van der Waals surface area contributed by atoms with Crippen LogP contribution in [0.3, 0.4) is 0 Å². The zero-order chi connectivity index (χ0) is 20.2. The summed E-state index contributed by atoms with van der Waals surface area (Å²) in [5, 5.41) is 18.6. The van der Waals surface area contributed by atoms with Gasteiger partial charge >= 0.3 is 0 Å². The number of aliphatic hydroxyl groups excluding tert-OH is 1. The van der Waals surface area contributed by atoms with Crippen LogP contribution in [0.25, 0.3) is 22.2 Å². The molecule has 0 spiro atoms. The number of hydroxylamine groups is 1. The van der Waals surface area contributed by atoms with Crippen molar-refractivity contribution in [3.63, 3.8) is 0 Å². The second kappa shape index (κ2) is 8.12. The van der Waals surface area contributed by atoms with Crippen LogP contribution >= 0.6 is 0 Å². The number of nitrogens with one attached hydrogen (secondary N) is 1. The molecule has 2 heterocycles. The van der Waals surface area contributed by atoms with Crippen molar-refractivity contribution in [2.75, 3.05) is 6.61 Å². The van der Waals surface area contributed by atoms with Crippen molar-refractivity contribution in [3.05, 3.63) is 59.9 Å². The third kappa shape index (κ3) is 4.09. The van der Waals surface area contributed by atoms with Gasteiger partial charge in [0.2, 0.25) is 0 Å². The zero-order valence-corrected chi connectivity index (χ0v) is 15.4. The first-order valence-corrected chi connectivity index (χ1v) is 9.11. The molecule has 0 aliphatic heterocycles. The number of hydrogen-bond donors (Lipinski definition) is 3. The largest absolute Gasteiger partial charge is 0.396 e. The van der Waals surface area contributed by atoms with E-state index in [9.17, 15) is 4.79 Å². The molecule has 6 heteroatoms. The van der Waals surface area contributed by atoms with Gasteiger partial charge in [0.25, 0.3) is 5.91 Å². The molecule has 6 nitrogen and oxygen atoms in total. The fourth-order valence-electron chi connectivity index (χ4n) is 3.05. The molecule has 29 heavy (non-hydrogen) atoms. The van der Waals surface area contributed by atoms with Crippen LogP contribution in [0.4, 0.5) is 0 Å². The number of amides is 1. The van der Waals surface area contributed by atoms with Crippen molar-refractivity contribution in [2.45, 2.75) is 6.42 Å². The lowest BCUT2D eigenvalue weighted by Gasteiger charge is -2.08. The van der Waals surface area contributed by atoms with Crippen LogP contribution in [0.1, 0.15) is 22.3 Å². The summed E-state index contributed by atoms with van der Waals surface area (Å²) < 4.78 is 0. The van der Waals surface area contributed by atoms with Gasteiger partial charge in [-0.05, 0) is 48.4 Å². The van der Waals surface area contributed by atoms with E-state index in [4.69, 9.17) is 10.3 Å². The fraction of sp³-hybridized carbons (Fsp3) is 0.174. The maximum Gasteiger partial charge on any atom is 0.275 e. The Hall–Kier alpha value is -3.71. The molecule has 1 fully saturated rings. The van der Waals surface area contributed by atoms with Gasteiger partial charge in [0.1, 0.15) is 0 Å². The fourth-order valence-corrected chi connectivity index (χ4v) is 3.05. The van der Waals surface area contributed by atoms with E-state index in [1.54, 1.807) is 30.0 Å². The average molecular weight is 383 g/mol. The summed E-state index contributed by atoms with van der Waals surface area (Å²) in [4.78, 5) is 20.7. The SMILES string of the molecule is O=C(NO)c1cc(-c2ccc(C#CC#CC3C[C@H]3CO)cc2)nc2ccncc12. The summed E-state index contributed by atoms with van der Waals surface area (Å²) in [5.41, 5.74) is 4.80. The lowest BCUT2D eigenvalue weighted by atomic mass is 10.0. The third-order valence-electron chi connectivity index (χ3n) is 4.82. The first-order chi connectivity index (χ1) is 14.2. The van der Waals surface area contributed by atoms with Crippen LogP contribution in [0.2, 0.25) is 0 Å². The van der Waals surface area contributed by atoms with Gasteiger partial charge in [-0.25, -0.2) is 10.5 Å². The number of rotatable bonds is 3. The van der Waals surface area contributed by atoms with Crippen LogP contribution in [-0.4, -0.2) is 32.8 Å². The maximum absolute atomic E-state index is 12.0. The second-order valence-corrected chi connectivity index (χ2v) is 6.77. The lowest BCUT2D eigenvalue weighted by molar-refractivity contribution is 0.0708. The highest BCUT2D eigenvalue weighted by Crippen LogP contribution is 2.36. The molecular formula is C23H17N3O3. The van der Waals surface area contributed by atoms with E-state index in [1.165, 1.54) is 0 Å². The smallest absolute Gasteiger partial charge is 0.275 e. The molecule has 4 rings (SSSR count). The molecule has 3 aromatic rings. The molecule has 2 aromatic heterocycles. The molecule has 2 atom stereocenters. The van der Waals surface area contributed by atoms with E-state index >= 15 is 0 Å². The summed E-state index contributed by atoms with van der Waals surface area (Å²) in [6, 6.07) is 10.8. The van der Waals surface area contributed by atoms with Crippen LogP contribution in [0.5, 0.6) is 0 Å². The van der Waals surface area contributed by atoms with Crippen LogP contribution < -0.4 is 5.48 Å². The average Bonchev–Trinajstić information content (AvgIpc) is 3.54. The molecule has 0 bridgehead atoms. The Balaban J connectivity index is 1.59. The monoisotopic (exact) mass is 383 g/mol. The third-order valence-corrected chi connectivity index (χ3v) is 4.82. The molecule has 3 N–H and O–H groups in total. The second-order valence-electron chi connectivity index (χ2n) is 6.77. The molecule has 1 aromatic carbocycles. The molecule has 1 aliphatic carbocycles. The van der Waals surface area contributed by atoms with Gasteiger partial charge in [-0.2, -0.15) is 0 Å². The highest BCUT2D eigenvalue weighted by molar-refractivity contribution is 6.06. The summed E-state index contributed by atoms with van der Waals surface area (Å²) in [6.45, 7) is 0.190. The quantitative estimate of drug-likeness (QED) is 0.367. The minimum Gasteiger partial charge on any atom is -0.396 e. The van der Waals surface area contributed by atoms with E-state index in [0.29, 0.717) is 28.1 Å². The van der Waals surface area contributed by atoms with E-state index < -0.39 is 5.91 Å². The van der Waals surface area contributed by atoms with Crippen molar-refractivity contribution >= 4 is 16.8 Å². The molecule has 0 radical (unpaired) electrons. The lowest BCUT2D eigenvalue weighted by Crippen LogP contribution is -2.19. The Labute approximate surface area is 167 Å². The first kappa shape index (κ1) is 18.6. The topological polar surface area (TPSA) is 95.3 Å². The maximum atomic E-state index is 12.0. The number of nitrogens with zero attached hydrogens (tertiary/aromatic N) is 2. The summed E-state index contributed by atoms with van der Waals surface area (Å²) in [5.74, 6) is 11.7. The molecule has 0 saturated heterocycles. The van der Waals surface area contributed by atoms with Gasteiger partial charge in [0, 0.05) is 41.4 Å². The van der Waals surface area contributed by atoms with Crippen molar-refractivity contribution in [2.24, 2.45) is 11.8 Å². The van der Waals surface area contributed by atoms with Gasteiger partial charge < -0.3 is 5.11 Å². The van der Waals surface area contributed by atoms with E-state index in [2.05, 4.69) is 33.6 Å². The summed E-state index contributed by atoms with van der Waals surface area (Å²) in [7, 11) is 0. The van der Waals surface area contributed by atoms with Gasteiger partial charge in [0.15, 0.2) is 0 Å². The Bertz CT molecular complexity index is 1200. The van der Waals surface area contributed by atoms with Gasteiger partial charge in [-0.15, -0.1) is 0 Å². The minimum atomic E-state index is -0.619. The number of aliphatic hydroxyl groups is 1. The molecule has 1 aliphatic rings. The Morgan fingerprint density at radius 2 is 2.03 bits per heavy atom. The van der Waals surface area contributed by atoms with Crippen molar-refractivity contribution < 1.29 is 15.1 Å². The highest BCUT2D eigenvalue weighted by atomic mass is 16.5. The van der Waals surface area contributed by atoms with E-state index in [-0.39, 0.29) is 12.5 Å². The van der Waals surface area contributed by atoms with Crippen molar-refractivity contribution in [1.82, 2.24) is 15.4 Å². The van der Waals surface area contributed by atoms with Crippen molar-refractivity contribution in [3.8, 4) is 34.9 Å². The number of aromatic nitrogens is 2. The number of pyridine rings is 2. The first-order valence-electron chi connectivity index (χ1n) is 9.11. The minimum absolute atomic E-state index is 0.190. The Morgan fingerprint density at radius 3 is 2.76 bits per heavy atom. The van der Waals surface area contributed by atoms with E-state index in [0.717, 1.165) is 17.5 Å². The van der Waals surface area contributed by atoms with Gasteiger partial charge in [-0.3, -0.25) is 15.0 Å². The number of fused-ring (bicyclic) bond motifs is 1. The van der Waals surface area contributed by atoms with Gasteiger partial charge in [-0.1, -0.05) is 24.0 Å². The van der Waals surface area contributed by atoms with Crippen LogP contribution in [0.15, 0.2) is 48.8 Å². The Morgan fingerprint density at radius 1 is 1.21 bits per heavy atom. The zero-order valence-electron chi connectivity index (χ0n) is 15.4. The molecular weight excluding hydrogens is 366 g/mol. The van der Waals surface area contributed by atoms with Gasteiger partial charge in [0.05, 0.1) is 16.8 Å². The highest BCUT2D eigenvalue weighted by Gasteiger charge is 2.34. The summed E-state index contributed by atoms with van der Waals surface area (Å²) >= 11 is 0. The molecule has 1 amide bonds. The number of carbonyl (C=O) groups is 1. The standard InChI is InChI=1S/C23H17N3O3/c27-14-18-11-17(18)4-2-1-3-15-5-7-16(8-6-15)22-12-19(23(28)26-29)20-13-24-10-9-21(20)25-22/h5-10,12-13,17-18,27,29H,11,14H2,(H,26,28)/t17?,18-/m0/s1. The molecule has 1 saturated carbocycles. The van der Waals surface area contributed by atoms with Crippen LogP contribution in [-0.2, 0) is 0 Å². The predicted octanol–water partition coefficient (Wildman–Crippen LogP) is 2.40. The number of carbonyl (C=O) groups excluding carboxylic acids is 1.